The summed E-state index contributed by atoms with van der Waals surface area (Å²) in [6.07, 6.45) is 1.31. The summed E-state index contributed by atoms with van der Waals surface area (Å²) < 4.78 is 5.82. The second kappa shape index (κ2) is 8.69. The van der Waals surface area contributed by atoms with Crippen molar-refractivity contribution in [3.63, 3.8) is 0 Å². The van der Waals surface area contributed by atoms with E-state index in [9.17, 15) is 9.90 Å². The predicted molar refractivity (Wildman–Crippen MR) is 107 cm³/mol. The van der Waals surface area contributed by atoms with E-state index in [-0.39, 0.29) is 5.56 Å². The van der Waals surface area contributed by atoms with Gasteiger partial charge in [-0.25, -0.2) is 4.79 Å². The number of aromatic nitrogens is 1. The Labute approximate surface area is 163 Å². The Bertz CT molecular complexity index is 942. The van der Waals surface area contributed by atoms with Gasteiger partial charge in [-0.2, -0.15) is 0 Å². The van der Waals surface area contributed by atoms with Gasteiger partial charge in [-0.15, -0.1) is 0 Å². The molecule has 3 aromatic rings. The van der Waals surface area contributed by atoms with E-state index < -0.39 is 5.97 Å². The number of ether oxygens (including phenoxy) is 1. The number of carboxylic acids is 1. The molecule has 0 saturated carbocycles. The molecule has 0 saturated heterocycles. The van der Waals surface area contributed by atoms with Gasteiger partial charge in [0.15, 0.2) is 0 Å². The number of aromatic carboxylic acids is 1. The van der Waals surface area contributed by atoms with Crippen LogP contribution < -0.4 is 4.74 Å². The van der Waals surface area contributed by atoms with Crippen molar-refractivity contribution in [3.05, 3.63) is 82.5 Å². The van der Waals surface area contributed by atoms with Crippen molar-refractivity contribution >= 4 is 17.6 Å². The molecule has 4 nitrogen and oxygen atoms in total. The van der Waals surface area contributed by atoms with Gasteiger partial charge in [-0.3, -0.25) is 4.98 Å². The average Bonchev–Trinajstić information content (AvgIpc) is 2.67. The Morgan fingerprint density at radius 1 is 1.11 bits per heavy atom. The van der Waals surface area contributed by atoms with E-state index in [1.165, 1.54) is 0 Å². The van der Waals surface area contributed by atoms with Crippen LogP contribution in [-0.4, -0.2) is 22.7 Å². The molecule has 0 unspecified atom stereocenters. The number of rotatable bonds is 7. The molecule has 0 aliphatic heterocycles. The summed E-state index contributed by atoms with van der Waals surface area (Å²) >= 11 is 6.11. The maximum atomic E-state index is 11.6. The highest BCUT2D eigenvalue weighted by atomic mass is 35.5. The van der Waals surface area contributed by atoms with Crippen LogP contribution in [-0.2, 0) is 6.42 Å². The van der Waals surface area contributed by atoms with E-state index in [0.717, 1.165) is 17.5 Å². The summed E-state index contributed by atoms with van der Waals surface area (Å²) in [5.74, 6) is -0.343. The maximum absolute atomic E-state index is 11.6. The average molecular weight is 382 g/mol. The van der Waals surface area contributed by atoms with Gasteiger partial charge >= 0.3 is 5.97 Å². The van der Waals surface area contributed by atoms with Gasteiger partial charge in [0.2, 0.25) is 0 Å². The minimum Gasteiger partial charge on any atom is -0.493 e. The van der Waals surface area contributed by atoms with Gasteiger partial charge in [-0.05, 0) is 42.3 Å². The van der Waals surface area contributed by atoms with Crippen LogP contribution in [0, 0.1) is 0 Å². The highest BCUT2D eigenvalue weighted by Crippen LogP contribution is 2.32. The van der Waals surface area contributed by atoms with Crippen molar-refractivity contribution in [1.82, 2.24) is 4.98 Å². The molecule has 0 radical (unpaired) electrons. The minimum absolute atomic E-state index is 0.201. The fourth-order valence-corrected chi connectivity index (χ4v) is 2.97. The van der Waals surface area contributed by atoms with Crippen molar-refractivity contribution in [3.8, 4) is 17.0 Å². The van der Waals surface area contributed by atoms with E-state index in [1.807, 2.05) is 43.3 Å². The largest absolute Gasteiger partial charge is 0.493 e. The van der Waals surface area contributed by atoms with E-state index in [0.29, 0.717) is 35.2 Å². The summed E-state index contributed by atoms with van der Waals surface area (Å²) in [5, 5.41) is 10.1. The Morgan fingerprint density at radius 3 is 2.59 bits per heavy atom. The molecule has 0 atom stereocenters. The Balaban J connectivity index is 2.04. The van der Waals surface area contributed by atoms with E-state index >= 15 is 0 Å². The second-order valence-corrected chi connectivity index (χ2v) is 6.58. The highest BCUT2D eigenvalue weighted by molar-refractivity contribution is 6.30. The monoisotopic (exact) mass is 381 g/mol. The van der Waals surface area contributed by atoms with Gasteiger partial charge < -0.3 is 9.84 Å². The van der Waals surface area contributed by atoms with Crippen LogP contribution >= 0.6 is 11.6 Å². The summed E-state index contributed by atoms with van der Waals surface area (Å²) in [7, 11) is 0. The molecule has 1 N–H and O–H groups in total. The second-order valence-electron chi connectivity index (χ2n) is 6.15. The number of carbonyl (C=O) groups is 1. The third-order valence-corrected chi connectivity index (χ3v) is 4.34. The van der Waals surface area contributed by atoms with Crippen molar-refractivity contribution in [1.29, 1.82) is 0 Å². The topological polar surface area (TPSA) is 59.4 Å². The number of hydrogen-bond acceptors (Lipinski definition) is 3. The first-order valence-electron chi connectivity index (χ1n) is 8.78. The Morgan fingerprint density at radius 2 is 1.89 bits per heavy atom. The number of hydrogen-bond donors (Lipinski definition) is 1. The lowest BCUT2D eigenvalue weighted by molar-refractivity contribution is 0.0695. The molecule has 0 amide bonds. The normalized spacial score (nSPS) is 10.6. The first-order chi connectivity index (χ1) is 13.1. The predicted octanol–water partition coefficient (Wildman–Crippen LogP) is 5.48. The molecule has 2 aromatic carbocycles. The molecule has 0 fully saturated rings. The Kier molecular flexibility index (Phi) is 6.09. The van der Waals surface area contributed by atoms with E-state index in [1.54, 1.807) is 24.3 Å². The third kappa shape index (κ3) is 4.66. The zero-order valence-corrected chi connectivity index (χ0v) is 15.7. The lowest BCUT2D eigenvalue weighted by atomic mass is 10.0. The van der Waals surface area contributed by atoms with Crippen LogP contribution in [0.1, 0.15) is 35.0 Å². The van der Waals surface area contributed by atoms with Gasteiger partial charge in [0.1, 0.15) is 5.75 Å². The van der Waals surface area contributed by atoms with E-state index in [2.05, 4.69) is 4.98 Å². The maximum Gasteiger partial charge on any atom is 0.337 e. The zero-order chi connectivity index (χ0) is 19.2. The van der Waals surface area contributed by atoms with Crippen molar-refractivity contribution in [2.75, 3.05) is 6.61 Å². The summed E-state index contributed by atoms with van der Waals surface area (Å²) in [6.45, 7) is 2.60. The van der Waals surface area contributed by atoms with Crippen LogP contribution in [0.25, 0.3) is 11.3 Å². The molecule has 3 rings (SSSR count). The molecule has 0 bridgehead atoms. The standard InChI is InChI=1S/C22H20ClNO3/c1-2-12-27-21-14-16(23)8-9-17(21)19-11-10-18(22(25)26)20(24-19)13-15-6-4-3-5-7-15/h3-11,14H,2,12-13H2,1H3,(H,25,26). The fourth-order valence-electron chi connectivity index (χ4n) is 2.81. The molecular weight excluding hydrogens is 362 g/mol. The summed E-state index contributed by atoms with van der Waals surface area (Å²) in [5.41, 5.74) is 3.17. The molecule has 0 spiro atoms. The molecule has 27 heavy (non-hydrogen) atoms. The van der Waals surface area contributed by atoms with Crippen LogP contribution in [0.15, 0.2) is 60.7 Å². The number of carboxylic acid groups (broad SMARTS) is 1. The SMILES string of the molecule is CCCOc1cc(Cl)ccc1-c1ccc(C(=O)O)c(Cc2ccccc2)n1. The quantitative estimate of drug-likeness (QED) is 0.588. The van der Waals surface area contributed by atoms with E-state index in [4.69, 9.17) is 16.3 Å². The van der Waals surface area contributed by atoms with Crippen LogP contribution in [0.4, 0.5) is 0 Å². The molecule has 1 heterocycles. The molecule has 138 valence electrons. The van der Waals surface area contributed by atoms with Crippen LogP contribution in [0.2, 0.25) is 5.02 Å². The molecule has 0 aliphatic rings. The highest BCUT2D eigenvalue weighted by Gasteiger charge is 2.16. The summed E-state index contributed by atoms with van der Waals surface area (Å²) in [6, 6.07) is 18.4. The summed E-state index contributed by atoms with van der Waals surface area (Å²) in [4.78, 5) is 16.3. The molecular formula is C22H20ClNO3. The Hall–Kier alpha value is -2.85. The number of nitrogens with zero attached hydrogens (tertiary/aromatic N) is 1. The van der Waals surface area contributed by atoms with Crippen LogP contribution in [0.3, 0.4) is 0 Å². The van der Waals surface area contributed by atoms with Crippen molar-refractivity contribution < 1.29 is 14.6 Å². The minimum atomic E-state index is -0.987. The van der Waals surface area contributed by atoms with Crippen LogP contribution in [0.5, 0.6) is 5.75 Å². The van der Waals surface area contributed by atoms with Gasteiger partial charge in [-0.1, -0.05) is 48.9 Å². The fraction of sp³-hybridized carbons (Fsp3) is 0.182. The number of benzene rings is 2. The van der Waals surface area contributed by atoms with Gasteiger partial charge in [0.05, 0.1) is 23.6 Å². The third-order valence-electron chi connectivity index (χ3n) is 4.10. The first-order valence-corrected chi connectivity index (χ1v) is 9.16. The zero-order valence-electron chi connectivity index (χ0n) is 15.0. The van der Waals surface area contributed by atoms with Gasteiger partial charge in [0.25, 0.3) is 0 Å². The molecule has 5 heteroatoms. The smallest absolute Gasteiger partial charge is 0.337 e. The first kappa shape index (κ1) is 18.9. The van der Waals surface area contributed by atoms with Crippen molar-refractivity contribution in [2.45, 2.75) is 19.8 Å². The van der Waals surface area contributed by atoms with Crippen molar-refractivity contribution in [2.24, 2.45) is 0 Å². The number of pyridine rings is 1. The molecule has 0 aliphatic carbocycles. The lowest BCUT2D eigenvalue weighted by Gasteiger charge is -2.13. The molecule has 1 aromatic heterocycles. The number of halogens is 1. The van der Waals surface area contributed by atoms with Gasteiger partial charge in [0, 0.05) is 17.0 Å². The lowest BCUT2D eigenvalue weighted by Crippen LogP contribution is -2.07.